The Hall–Kier alpha value is -1.88. The van der Waals surface area contributed by atoms with E-state index in [-0.39, 0.29) is 17.9 Å². The van der Waals surface area contributed by atoms with Crippen LogP contribution in [0.1, 0.15) is 37.6 Å². The molecule has 2 amide bonds. The maximum Gasteiger partial charge on any atom is 0.251 e. The average molecular weight is 292 g/mol. The quantitative estimate of drug-likeness (QED) is 0.717. The van der Waals surface area contributed by atoms with Crippen molar-refractivity contribution < 1.29 is 14.3 Å². The van der Waals surface area contributed by atoms with Gasteiger partial charge in [0.2, 0.25) is 5.91 Å². The summed E-state index contributed by atoms with van der Waals surface area (Å²) >= 11 is 0. The monoisotopic (exact) mass is 292 g/mol. The van der Waals surface area contributed by atoms with Crippen molar-refractivity contribution in [1.82, 2.24) is 10.6 Å². The number of hydrogen-bond acceptors (Lipinski definition) is 3. The smallest absolute Gasteiger partial charge is 0.251 e. The number of nitrogens with one attached hydrogen (secondary N) is 2. The Balaban J connectivity index is 2.26. The van der Waals surface area contributed by atoms with E-state index in [9.17, 15) is 9.59 Å². The molecule has 1 rings (SSSR count). The van der Waals surface area contributed by atoms with Gasteiger partial charge >= 0.3 is 0 Å². The molecule has 5 heteroatoms. The Morgan fingerprint density at radius 1 is 1.14 bits per heavy atom. The van der Waals surface area contributed by atoms with E-state index in [2.05, 4.69) is 10.6 Å². The molecule has 2 N–H and O–H groups in total. The first-order valence-corrected chi connectivity index (χ1v) is 7.26. The topological polar surface area (TPSA) is 67.4 Å². The number of benzene rings is 1. The Morgan fingerprint density at radius 3 is 2.43 bits per heavy atom. The van der Waals surface area contributed by atoms with Gasteiger partial charge in [0.05, 0.1) is 6.10 Å². The third-order valence-corrected chi connectivity index (χ3v) is 2.85. The summed E-state index contributed by atoms with van der Waals surface area (Å²) in [5, 5.41) is 5.45. The summed E-state index contributed by atoms with van der Waals surface area (Å²) in [7, 11) is 0. The third kappa shape index (κ3) is 6.90. The van der Waals surface area contributed by atoms with E-state index in [4.69, 9.17) is 4.74 Å². The van der Waals surface area contributed by atoms with Crippen LogP contribution in [0, 0.1) is 0 Å². The summed E-state index contributed by atoms with van der Waals surface area (Å²) in [4.78, 5) is 23.7. The predicted molar refractivity (Wildman–Crippen MR) is 82.1 cm³/mol. The van der Waals surface area contributed by atoms with Crippen LogP contribution in [0.2, 0.25) is 0 Å². The van der Waals surface area contributed by atoms with E-state index in [0.717, 1.165) is 6.42 Å². The molecule has 0 saturated carbocycles. The minimum absolute atomic E-state index is 0.191. The van der Waals surface area contributed by atoms with Crippen LogP contribution in [-0.4, -0.2) is 37.1 Å². The molecular formula is C16H24N2O3. The molecule has 0 radical (unpaired) electrons. The summed E-state index contributed by atoms with van der Waals surface area (Å²) < 4.78 is 5.39. The highest BCUT2D eigenvalue weighted by Crippen LogP contribution is 1.99. The number of carbonyl (C=O) groups excluding carboxylic acids is 2. The molecule has 116 valence electrons. The van der Waals surface area contributed by atoms with Crippen molar-refractivity contribution in [2.75, 3.05) is 13.2 Å². The Labute approximate surface area is 126 Å². The SMILES string of the molecule is CC(C)OCCCNC(=O)C(C)NC(=O)c1ccccc1. The van der Waals surface area contributed by atoms with Crippen LogP contribution < -0.4 is 10.6 Å². The fourth-order valence-electron chi connectivity index (χ4n) is 1.69. The van der Waals surface area contributed by atoms with Crippen LogP contribution in [0.15, 0.2) is 30.3 Å². The molecule has 0 fully saturated rings. The van der Waals surface area contributed by atoms with E-state index in [1.54, 1.807) is 31.2 Å². The molecular weight excluding hydrogens is 268 g/mol. The van der Waals surface area contributed by atoms with Gasteiger partial charge < -0.3 is 15.4 Å². The number of ether oxygens (including phenoxy) is 1. The van der Waals surface area contributed by atoms with Gasteiger partial charge in [-0.2, -0.15) is 0 Å². The summed E-state index contributed by atoms with van der Waals surface area (Å²) in [6.45, 7) is 6.76. The van der Waals surface area contributed by atoms with Gasteiger partial charge in [-0.25, -0.2) is 0 Å². The van der Waals surface area contributed by atoms with Crippen LogP contribution in [-0.2, 0) is 9.53 Å². The Morgan fingerprint density at radius 2 is 1.81 bits per heavy atom. The second kappa shape index (κ2) is 9.13. The minimum Gasteiger partial charge on any atom is -0.379 e. The zero-order chi connectivity index (χ0) is 15.7. The molecule has 1 aromatic rings. The highest BCUT2D eigenvalue weighted by atomic mass is 16.5. The van der Waals surface area contributed by atoms with Gasteiger partial charge in [-0.1, -0.05) is 18.2 Å². The van der Waals surface area contributed by atoms with Crippen molar-refractivity contribution in [3.8, 4) is 0 Å². The molecule has 0 heterocycles. The van der Waals surface area contributed by atoms with Crippen molar-refractivity contribution in [3.63, 3.8) is 0 Å². The molecule has 0 aliphatic heterocycles. The summed E-state index contributed by atoms with van der Waals surface area (Å²) in [6.07, 6.45) is 0.952. The van der Waals surface area contributed by atoms with Crippen molar-refractivity contribution in [2.24, 2.45) is 0 Å². The van der Waals surface area contributed by atoms with Gasteiger partial charge in [-0.15, -0.1) is 0 Å². The maximum absolute atomic E-state index is 11.9. The lowest BCUT2D eigenvalue weighted by molar-refractivity contribution is -0.122. The van der Waals surface area contributed by atoms with Gasteiger partial charge in [0.1, 0.15) is 6.04 Å². The lowest BCUT2D eigenvalue weighted by Crippen LogP contribution is -2.45. The van der Waals surface area contributed by atoms with E-state index in [0.29, 0.717) is 18.7 Å². The van der Waals surface area contributed by atoms with Crippen molar-refractivity contribution in [1.29, 1.82) is 0 Å². The summed E-state index contributed by atoms with van der Waals surface area (Å²) in [6, 6.07) is 8.27. The molecule has 0 saturated heterocycles. The van der Waals surface area contributed by atoms with Gasteiger partial charge in [0.15, 0.2) is 0 Å². The van der Waals surface area contributed by atoms with Gasteiger partial charge in [0.25, 0.3) is 5.91 Å². The van der Waals surface area contributed by atoms with Crippen LogP contribution in [0.3, 0.4) is 0 Å². The van der Waals surface area contributed by atoms with Crippen molar-refractivity contribution in [3.05, 3.63) is 35.9 Å². The van der Waals surface area contributed by atoms with E-state index < -0.39 is 6.04 Å². The fourth-order valence-corrected chi connectivity index (χ4v) is 1.69. The minimum atomic E-state index is -0.566. The largest absolute Gasteiger partial charge is 0.379 e. The molecule has 0 aromatic heterocycles. The lowest BCUT2D eigenvalue weighted by atomic mass is 10.2. The first kappa shape index (κ1) is 17.2. The third-order valence-electron chi connectivity index (χ3n) is 2.85. The maximum atomic E-state index is 11.9. The van der Waals surface area contributed by atoms with Gasteiger partial charge in [-0.3, -0.25) is 9.59 Å². The normalized spacial score (nSPS) is 12.0. The first-order valence-electron chi connectivity index (χ1n) is 7.26. The molecule has 0 aliphatic rings. The van der Waals surface area contributed by atoms with E-state index in [1.807, 2.05) is 19.9 Å². The molecule has 1 aromatic carbocycles. The van der Waals surface area contributed by atoms with Crippen molar-refractivity contribution >= 4 is 11.8 Å². The highest BCUT2D eigenvalue weighted by Gasteiger charge is 2.15. The molecule has 1 atom stereocenters. The van der Waals surface area contributed by atoms with Gasteiger partial charge in [0, 0.05) is 18.7 Å². The van der Waals surface area contributed by atoms with Gasteiger partial charge in [-0.05, 0) is 39.3 Å². The number of rotatable bonds is 8. The molecule has 5 nitrogen and oxygen atoms in total. The summed E-state index contributed by atoms with van der Waals surface area (Å²) in [5.74, 6) is -0.440. The molecule has 0 aliphatic carbocycles. The number of amides is 2. The molecule has 1 unspecified atom stereocenters. The molecule has 0 spiro atoms. The van der Waals surface area contributed by atoms with E-state index in [1.165, 1.54) is 0 Å². The number of carbonyl (C=O) groups is 2. The second-order valence-corrected chi connectivity index (χ2v) is 5.13. The van der Waals surface area contributed by atoms with E-state index >= 15 is 0 Å². The lowest BCUT2D eigenvalue weighted by Gasteiger charge is -2.14. The standard InChI is InChI=1S/C16H24N2O3/c1-12(2)21-11-7-10-17-15(19)13(3)18-16(20)14-8-5-4-6-9-14/h4-6,8-9,12-13H,7,10-11H2,1-3H3,(H,17,19)(H,18,20). The molecule has 0 bridgehead atoms. The highest BCUT2D eigenvalue weighted by molar-refractivity contribution is 5.97. The van der Waals surface area contributed by atoms with Crippen LogP contribution >= 0.6 is 0 Å². The Kier molecular flexibility index (Phi) is 7.46. The predicted octanol–water partition coefficient (Wildman–Crippen LogP) is 1.74. The summed E-state index contributed by atoms with van der Waals surface area (Å²) in [5.41, 5.74) is 0.544. The van der Waals surface area contributed by atoms with Crippen LogP contribution in [0.5, 0.6) is 0 Å². The zero-order valence-corrected chi connectivity index (χ0v) is 12.9. The van der Waals surface area contributed by atoms with Crippen LogP contribution in [0.4, 0.5) is 0 Å². The average Bonchev–Trinajstić information content (AvgIpc) is 2.47. The number of hydrogen-bond donors (Lipinski definition) is 2. The van der Waals surface area contributed by atoms with Crippen LogP contribution in [0.25, 0.3) is 0 Å². The second-order valence-electron chi connectivity index (χ2n) is 5.13. The van der Waals surface area contributed by atoms with Crippen molar-refractivity contribution in [2.45, 2.75) is 39.3 Å². The molecule has 21 heavy (non-hydrogen) atoms. The first-order chi connectivity index (χ1) is 10.0. The Bertz CT molecular complexity index is 446. The fraction of sp³-hybridized carbons (Fsp3) is 0.500. The zero-order valence-electron chi connectivity index (χ0n) is 12.9.